The first kappa shape index (κ1) is 20.9. The summed E-state index contributed by atoms with van der Waals surface area (Å²) in [5, 5.41) is 4.21. The molecule has 0 atom stereocenters. The Bertz CT molecular complexity index is 1080. The van der Waals surface area contributed by atoms with Gasteiger partial charge < -0.3 is 5.32 Å². The van der Waals surface area contributed by atoms with Crippen molar-refractivity contribution in [2.45, 2.75) is 6.42 Å². The summed E-state index contributed by atoms with van der Waals surface area (Å²) in [4.78, 5) is 17.5. The van der Waals surface area contributed by atoms with Crippen LogP contribution in [0, 0.1) is 0 Å². The zero-order valence-corrected chi connectivity index (χ0v) is 17.5. The molecule has 1 aromatic heterocycles. The molecule has 6 nitrogen and oxygen atoms in total. The van der Waals surface area contributed by atoms with Crippen molar-refractivity contribution in [2.75, 3.05) is 18.9 Å². The summed E-state index contributed by atoms with van der Waals surface area (Å²) in [6.45, 7) is -0.297. The molecule has 29 heavy (non-hydrogen) atoms. The smallest absolute Gasteiger partial charge is 0.241 e. The summed E-state index contributed by atoms with van der Waals surface area (Å²) in [6.07, 6.45) is 3.95. The van der Waals surface area contributed by atoms with E-state index in [4.69, 9.17) is 0 Å². The Morgan fingerprint density at radius 3 is 2.45 bits per heavy atom. The van der Waals surface area contributed by atoms with Gasteiger partial charge in [0.15, 0.2) is 5.13 Å². The van der Waals surface area contributed by atoms with Gasteiger partial charge in [0.05, 0.1) is 6.54 Å². The van der Waals surface area contributed by atoms with Crippen molar-refractivity contribution >= 4 is 38.5 Å². The Kier molecular flexibility index (Phi) is 6.92. The van der Waals surface area contributed by atoms with Crippen LogP contribution in [0.15, 0.2) is 72.3 Å². The first-order valence-corrected chi connectivity index (χ1v) is 11.2. The maximum atomic E-state index is 12.3. The van der Waals surface area contributed by atoms with E-state index in [0.717, 1.165) is 32.1 Å². The third kappa shape index (κ3) is 6.35. The van der Waals surface area contributed by atoms with Gasteiger partial charge in [0.25, 0.3) is 0 Å². The molecular weight excluding hydrogens is 406 g/mol. The predicted molar refractivity (Wildman–Crippen MR) is 117 cm³/mol. The Morgan fingerprint density at radius 1 is 1.10 bits per heavy atom. The van der Waals surface area contributed by atoms with Crippen molar-refractivity contribution in [3.05, 3.63) is 88.3 Å². The standard InChI is InChI=1S/C21H21N3O3S2/c1-24(29(26,27)13-12-17-8-4-2-5-9-17)16-20(25)23-21-22-15-19(28-21)14-18-10-6-3-7-11-18/h2-13,15H,14,16H2,1H3,(H,22,23,25)/b13-12+. The summed E-state index contributed by atoms with van der Waals surface area (Å²) < 4.78 is 25.7. The minimum absolute atomic E-state index is 0.297. The second-order valence-corrected chi connectivity index (χ2v) is 9.40. The summed E-state index contributed by atoms with van der Waals surface area (Å²) in [6, 6.07) is 19.1. The number of likely N-dealkylation sites (N-methyl/N-ethyl adjacent to an activating group) is 1. The number of rotatable bonds is 8. The molecule has 3 aromatic rings. The van der Waals surface area contributed by atoms with E-state index in [0.29, 0.717) is 5.13 Å². The molecule has 0 radical (unpaired) electrons. The Labute approximate surface area is 174 Å². The first-order valence-electron chi connectivity index (χ1n) is 8.90. The van der Waals surface area contributed by atoms with E-state index >= 15 is 0 Å². The van der Waals surface area contributed by atoms with Gasteiger partial charge >= 0.3 is 0 Å². The Hall–Kier alpha value is -2.81. The van der Waals surface area contributed by atoms with Gasteiger partial charge in [-0.2, -0.15) is 4.31 Å². The number of thiazole rings is 1. The number of carbonyl (C=O) groups is 1. The molecule has 0 aliphatic heterocycles. The SMILES string of the molecule is CN(CC(=O)Nc1ncc(Cc2ccccc2)s1)S(=O)(=O)/C=C/c1ccccc1. The van der Waals surface area contributed by atoms with Gasteiger partial charge in [-0.15, -0.1) is 11.3 Å². The summed E-state index contributed by atoms with van der Waals surface area (Å²) in [7, 11) is -2.34. The number of anilines is 1. The van der Waals surface area contributed by atoms with Crippen LogP contribution < -0.4 is 5.32 Å². The number of carbonyl (C=O) groups excluding carboxylic acids is 1. The molecule has 1 amide bonds. The van der Waals surface area contributed by atoms with Crippen LogP contribution in [0.4, 0.5) is 5.13 Å². The van der Waals surface area contributed by atoms with Gasteiger partial charge in [-0.3, -0.25) is 4.79 Å². The molecule has 0 saturated heterocycles. The second kappa shape index (κ2) is 9.60. The highest BCUT2D eigenvalue weighted by molar-refractivity contribution is 7.92. The van der Waals surface area contributed by atoms with Crippen molar-refractivity contribution in [3.63, 3.8) is 0 Å². The van der Waals surface area contributed by atoms with Gasteiger partial charge in [0, 0.05) is 30.0 Å². The highest BCUT2D eigenvalue weighted by Crippen LogP contribution is 2.21. The summed E-state index contributed by atoms with van der Waals surface area (Å²) >= 11 is 1.37. The third-order valence-corrected chi connectivity index (χ3v) is 6.44. The fourth-order valence-electron chi connectivity index (χ4n) is 2.53. The van der Waals surface area contributed by atoms with E-state index in [1.165, 1.54) is 24.5 Å². The molecular formula is C21H21N3O3S2. The van der Waals surface area contributed by atoms with Gasteiger partial charge in [-0.05, 0) is 17.2 Å². The maximum absolute atomic E-state index is 12.3. The highest BCUT2D eigenvalue weighted by atomic mass is 32.2. The molecule has 0 fully saturated rings. The summed E-state index contributed by atoms with van der Waals surface area (Å²) in [5.74, 6) is -0.440. The maximum Gasteiger partial charge on any atom is 0.241 e. The molecule has 150 valence electrons. The number of hydrogen-bond acceptors (Lipinski definition) is 5. The predicted octanol–water partition coefficient (Wildman–Crippen LogP) is 3.60. The molecule has 0 aliphatic rings. The van der Waals surface area contributed by atoms with Crippen LogP contribution in [0.5, 0.6) is 0 Å². The zero-order valence-electron chi connectivity index (χ0n) is 15.9. The van der Waals surface area contributed by atoms with Gasteiger partial charge in [-0.1, -0.05) is 60.7 Å². The lowest BCUT2D eigenvalue weighted by molar-refractivity contribution is -0.116. The van der Waals surface area contributed by atoms with Gasteiger partial charge in [-0.25, -0.2) is 13.4 Å². The molecule has 0 spiro atoms. The average molecular weight is 428 g/mol. The molecule has 0 unspecified atom stereocenters. The molecule has 0 aliphatic carbocycles. The van der Waals surface area contributed by atoms with Crippen LogP contribution in [0.2, 0.25) is 0 Å². The van der Waals surface area contributed by atoms with E-state index in [9.17, 15) is 13.2 Å². The number of hydrogen-bond donors (Lipinski definition) is 1. The molecule has 1 heterocycles. The van der Waals surface area contributed by atoms with Crippen LogP contribution in [0.25, 0.3) is 6.08 Å². The average Bonchev–Trinajstić information content (AvgIpc) is 3.14. The van der Waals surface area contributed by atoms with E-state index < -0.39 is 15.9 Å². The lowest BCUT2D eigenvalue weighted by Crippen LogP contribution is -2.33. The van der Waals surface area contributed by atoms with Crippen molar-refractivity contribution in [3.8, 4) is 0 Å². The van der Waals surface area contributed by atoms with Crippen LogP contribution >= 0.6 is 11.3 Å². The third-order valence-electron chi connectivity index (χ3n) is 4.05. The minimum Gasteiger partial charge on any atom is -0.301 e. The molecule has 0 saturated carbocycles. The fraction of sp³-hybridized carbons (Fsp3) is 0.143. The summed E-state index contributed by atoms with van der Waals surface area (Å²) in [5.41, 5.74) is 1.92. The minimum atomic E-state index is -3.71. The molecule has 8 heteroatoms. The largest absolute Gasteiger partial charge is 0.301 e. The van der Waals surface area contributed by atoms with E-state index in [-0.39, 0.29) is 6.54 Å². The van der Waals surface area contributed by atoms with Gasteiger partial charge in [0.2, 0.25) is 15.9 Å². The number of nitrogens with zero attached hydrogens (tertiary/aromatic N) is 2. The van der Waals surface area contributed by atoms with E-state index in [1.807, 2.05) is 48.5 Å². The van der Waals surface area contributed by atoms with Crippen LogP contribution in [-0.2, 0) is 21.2 Å². The van der Waals surface area contributed by atoms with E-state index in [2.05, 4.69) is 10.3 Å². The topological polar surface area (TPSA) is 79.4 Å². The number of amides is 1. The van der Waals surface area contributed by atoms with Crippen molar-refractivity contribution < 1.29 is 13.2 Å². The quantitative estimate of drug-likeness (QED) is 0.596. The van der Waals surface area contributed by atoms with Crippen LogP contribution in [0.3, 0.4) is 0 Å². The molecule has 2 aromatic carbocycles. The van der Waals surface area contributed by atoms with Crippen molar-refractivity contribution in [1.29, 1.82) is 0 Å². The second-order valence-electron chi connectivity index (χ2n) is 6.36. The first-order chi connectivity index (χ1) is 13.9. The van der Waals surface area contributed by atoms with Crippen LogP contribution in [0.1, 0.15) is 16.0 Å². The zero-order chi connectivity index (χ0) is 20.7. The van der Waals surface area contributed by atoms with Crippen LogP contribution in [-0.4, -0.2) is 37.2 Å². The number of benzene rings is 2. The number of aromatic nitrogens is 1. The van der Waals surface area contributed by atoms with Crippen molar-refractivity contribution in [2.24, 2.45) is 0 Å². The monoisotopic (exact) mass is 427 g/mol. The van der Waals surface area contributed by atoms with E-state index in [1.54, 1.807) is 18.3 Å². The highest BCUT2D eigenvalue weighted by Gasteiger charge is 2.18. The lowest BCUT2D eigenvalue weighted by Gasteiger charge is -2.13. The number of sulfonamides is 1. The Morgan fingerprint density at radius 2 is 1.76 bits per heavy atom. The molecule has 1 N–H and O–H groups in total. The van der Waals surface area contributed by atoms with Crippen molar-refractivity contribution in [1.82, 2.24) is 9.29 Å². The fourth-order valence-corrected chi connectivity index (χ4v) is 4.22. The molecule has 3 rings (SSSR count). The lowest BCUT2D eigenvalue weighted by atomic mass is 10.1. The number of nitrogens with one attached hydrogen (secondary N) is 1. The normalized spacial score (nSPS) is 11.8. The Balaban J connectivity index is 1.55. The molecule has 0 bridgehead atoms. The van der Waals surface area contributed by atoms with Gasteiger partial charge in [0.1, 0.15) is 0 Å².